The van der Waals surface area contributed by atoms with E-state index in [1.54, 1.807) is 0 Å². The average molecular weight is 276 g/mol. The Hall–Kier alpha value is -2.38. The summed E-state index contributed by atoms with van der Waals surface area (Å²) in [6.07, 6.45) is 0. The van der Waals surface area contributed by atoms with Crippen molar-refractivity contribution in [3.63, 3.8) is 0 Å². The molecule has 2 rings (SSSR count). The Bertz CT molecular complexity index is 662. The van der Waals surface area contributed by atoms with Crippen molar-refractivity contribution in [2.45, 2.75) is 0 Å². The fraction of sp³-hybridized carbons (Fsp3) is 0. The summed E-state index contributed by atoms with van der Waals surface area (Å²) in [6, 6.07) is 11.9. The Labute approximate surface area is 113 Å². The number of nitriles is 1. The van der Waals surface area contributed by atoms with Gasteiger partial charge in [-0.25, -0.2) is 9.18 Å². The first-order valence-corrected chi connectivity index (χ1v) is 5.66. The summed E-state index contributed by atoms with van der Waals surface area (Å²) in [6.45, 7) is 0. The van der Waals surface area contributed by atoms with E-state index in [1.807, 2.05) is 6.07 Å². The number of rotatable bonds is 2. The molecule has 0 aliphatic carbocycles. The summed E-state index contributed by atoms with van der Waals surface area (Å²) in [7, 11) is 0. The minimum atomic E-state index is -0.843. The van der Waals surface area contributed by atoms with Crippen LogP contribution in [0.4, 0.5) is 4.39 Å². The maximum Gasteiger partial charge on any atom is 0.346 e. The van der Waals surface area contributed by atoms with Crippen LogP contribution in [-0.2, 0) is 0 Å². The molecular weight excluding hydrogens is 269 g/mol. The molecule has 0 saturated heterocycles. The zero-order chi connectivity index (χ0) is 13.8. The monoisotopic (exact) mass is 275 g/mol. The van der Waals surface area contributed by atoms with Crippen LogP contribution in [0.15, 0.2) is 42.5 Å². The number of benzene rings is 2. The standard InChI is InChI=1S/C14H7ClFNO2/c15-12-3-1-2-11(13(12)16)14(18)19-10-6-4-9(8-17)5-7-10/h1-7H. The van der Waals surface area contributed by atoms with Gasteiger partial charge in [0.1, 0.15) is 5.75 Å². The topological polar surface area (TPSA) is 50.1 Å². The Kier molecular flexibility index (Phi) is 3.79. The number of esters is 1. The summed E-state index contributed by atoms with van der Waals surface area (Å²) >= 11 is 5.58. The van der Waals surface area contributed by atoms with Gasteiger partial charge < -0.3 is 4.74 Å². The average Bonchev–Trinajstić information content (AvgIpc) is 2.42. The lowest BCUT2D eigenvalue weighted by Gasteiger charge is -2.05. The van der Waals surface area contributed by atoms with Crippen LogP contribution in [-0.4, -0.2) is 5.97 Å². The molecule has 0 N–H and O–H groups in total. The minimum Gasteiger partial charge on any atom is -0.423 e. The molecule has 0 unspecified atom stereocenters. The van der Waals surface area contributed by atoms with Crippen molar-refractivity contribution in [1.29, 1.82) is 5.26 Å². The van der Waals surface area contributed by atoms with Gasteiger partial charge in [0.25, 0.3) is 0 Å². The SMILES string of the molecule is N#Cc1ccc(OC(=O)c2cccc(Cl)c2F)cc1. The second-order valence-corrected chi connectivity index (χ2v) is 4.03. The molecule has 0 aliphatic rings. The van der Waals surface area contributed by atoms with Gasteiger partial charge in [-0.1, -0.05) is 17.7 Å². The van der Waals surface area contributed by atoms with Gasteiger partial charge in [-0.2, -0.15) is 5.26 Å². The van der Waals surface area contributed by atoms with Crippen LogP contribution < -0.4 is 4.74 Å². The maximum atomic E-state index is 13.6. The van der Waals surface area contributed by atoms with Crippen molar-refractivity contribution >= 4 is 17.6 Å². The fourth-order valence-electron chi connectivity index (χ4n) is 1.42. The van der Waals surface area contributed by atoms with Crippen molar-refractivity contribution in [3.8, 4) is 11.8 Å². The molecule has 19 heavy (non-hydrogen) atoms. The predicted octanol–water partition coefficient (Wildman–Crippen LogP) is 3.57. The molecule has 3 nitrogen and oxygen atoms in total. The third kappa shape index (κ3) is 2.90. The fourth-order valence-corrected chi connectivity index (χ4v) is 1.60. The quantitative estimate of drug-likeness (QED) is 0.622. The highest BCUT2D eigenvalue weighted by atomic mass is 35.5. The van der Waals surface area contributed by atoms with Crippen molar-refractivity contribution in [3.05, 3.63) is 64.4 Å². The van der Waals surface area contributed by atoms with Crippen molar-refractivity contribution in [2.24, 2.45) is 0 Å². The predicted molar refractivity (Wildman–Crippen MR) is 67.5 cm³/mol. The molecule has 0 amide bonds. The largest absolute Gasteiger partial charge is 0.423 e. The third-order valence-electron chi connectivity index (χ3n) is 2.37. The van der Waals surface area contributed by atoms with E-state index in [0.29, 0.717) is 5.56 Å². The van der Waals surface area contributed by atoms with Crippen LogP contribution in [0.1, 0.15) is 15.9 Å². The molecule has 0 fully saturated rings. The van der Waals surface area contributed by atoms with Crippen molar-refractivity contribution < 1.29 is 13.9 Å². The minimum absolute atomic E-state index is 0.144. The highest BCUT2D eigenvalue weighted by Crippen LogP contribution is 2.20. The molecular formula is C14H7ClFNO2. The van der Waals surface area contributed by atoms with Gasteiger partial charge in [0.05, 0.1) is 22.2 Å². The lowest BCUT2D eigenvalue weighted by Crippen LogP contribution is -2.10. The van der Waals surface area contributed by atoms with E-state index < -0.39 is 11.8 Å². The van der Waals surface area contributed by atoms with Crippen LogP contribution in [0.2, 0.25) is 5.02 Å². The molecule has 0 aromatic heterocycles. The first-order chi connectivity index (χ1) is 9.11. The smallest absolute Gasteiger partial charge is 0.346 e. The molecule has 0 heterocycles. The normalized spacial score (nSPS) is 9.74. The maximum absolute atomic E-state index is 13.6. The van der Waals surface area contributed by atoms with E-state index in [9.17, 15) is 9.18 Å². The molecule has 0 aliphatic heterocycles. The lowest BCUT2D eigenvalue weighted by molar-refractivity contribution is 0.0730. The molecule has 2 aromatic carbocycles. The van der Waals surface area contributed by atoms with Gasteiger partial charge in [-0.15, -0.1) is 0 Å². The highest BCUT2D eigenvalue weighted by Gasteiger charge is 2.16. The molecule has 0 radical (unpaired) electrons. The number of hydrogen-bond donors (Lipinski definition) is 0. The summed E-state index contributed by atoms with van der Waals surface area (Å²) in [5.74, 6) is -1.43. The van der Waals surface area contributed by atoms with Gasteiger partial charge in [0, 0.05) is 0 Å². The van der Waals surface area contributed by atoms with Crippen molar-refractivity contribution in [1.82, 2.24) is 0 Å². The van der Waals surface area contributed by atoms with E-state index >= 15 is 0 Å². The van der Waals surface area contributed by atoms with Crippen LogP contribution >= 0.6 is 11.6 Å². The Morgan fingerprint density at radius 2 is 1.89 bits per heavy atom. The number of halogens is 2. The van der Waals surface area contributed by atoms with Gasteiger partial charge in [-0.05, 0) is 36.4 Å². The molecule has 2 aromatic rings. The summed E-state index contributed by atoms with van der Waals surface area (Å²) in [5, 5.41) is 8.49. The van der Waals surface area contributed by atoms with Gasteiger partial charge in [0.15, 0.2) is 5.82 Å². The molecule has 0 spiro atoms. The van der Waals surface area contributed by atoms with Crippen LogP contribution in [0, 0.1) is 17.1 Å². The highest BCUT2D eigenvalue weighted by molar-refractivity contribution is 6.31. The van der Waals surface area contributed by atoms with E-state index in [1.165, 1.54) is 42.5 Å². The summed E-state index contributed by atoms with van der Waals surface area (Å²) in [4.78, 5) is 11.8. The molecule has 94 valence electrons. The molecule has 0 atom stereocenters. The van der Waals surface area contributed by atoms with E-state index in [4.69, 9.17) is 21.6 Å². The number of carbonyl (C=O) groups excluding carboxylic acids is 1. The van der Waals surface area contributed by atoms with Crippen LogP contribution in [0.5, 0.6) is 5.75 Å². The van der Waals surface area contributed by atoms with Gasteiger partial charge >= 0.3 is 5.97 Å². The third-order valence-corrected chi connectivity index (χ3v) is 2.66. The van der Waals surface area contributed by atoms with Gasteiger partial charge in [-0.3, -0.25) is 0 Å². The Balaban J connectivity index is 2.21. The summed E-state index contributed by atoms with van der Waals surface area (Å²) in [5.41, 5.74) is 0.200. The zero-order valence-corrected chi connectivity index (χ0v) is 10.3. The van der Waals surface area contributed by atoms with Crippen LogP contribution in [0.25, 0.3) is 0 Å². The molecule has 0 bridgehead atoms. The number of ether oxygens (including phenoxy) is 1. The van der Waals surface area contributed by atoms with Crippen molar-refractivity contribution in [2.75, 3.05) is 0 Å². The Morgan fingerprint density at radius 3 is 2.53 bits per heavy atom. The Morgan fingerprint density at radius 1 is 1.21 bits per heavy atom. The van der Waals surface area contributed by atoms with E-state index in [-0.39, 0.29) is 16.3 Å². The number of carbonyl (C=O) groups is 1. The first kappa shape index (κ1) is 13.1. The van der Waals surface area contributed by atoms with E-state index in [0.717, 1.165) is 0 Å². The molecule has 5 heteroatoms. The zero-order valence-electron chi connectivity index (χ0n) is 9.56. The molecule has 0 saturated carbocycles. The number of hydrogen-bond acceptors (Lipinski definition) is 3. The lowest BCUT2D eigenvalue weighted by atomic mass is 10.2. The van der Waals surface area contributed by atoms with Crippen LogP contribution in [0.3, 0.4) is 0 Å². The number of nitrogens with zero attached hydrogens (tertiary/aromatic N) is 1. The van der Waals surface area contributed by atoms with Gasteiger partial charge in [0.2, 0.25) is 0 Å². The summed E-state index contributed by atoms with van der Waals surface area (Å²) < 4.78 is 18.6. The first-order valence-electron chi connectivity index (χ1n) is 5.28. The second kappa shape index (κ2) is 5.51. The van der Waals surface area contributed by atoms with E-state index in [2.05, 4.69) is 0 Å². The second-order valence-electron chi connectivity index (χ2n) is 3.63.